The molecule has 0 radical (unpaired) electrons. The smallest absolute Gasteiger partial charge is 0.279 e. The molecular formula is C18H18N4O3. The first-order valence-corrected chi connectivity index (χ1v) is 8.05. The number of aryl methyl sites for hydroxylation is 1. The Bertz CT molecular complexity index is 933. The van der Waals surface area contributed by atoms with Gasteiger partial charge in [-0.15, -0.1) is 0 Å². The molecule has 128 valence electrons. The van der Waals surface area contributed by atoms with Crippen molar-refractivity contribution in [3.8, 4) is 0 Å². The molecule has 0 saturated heterocycles. The molecule has 25 heavy (non-hydrogen) atoms. The number of nitrogens with one attached hydrogen (secondary N) is 2. The van der Waals surface area contributed by atoms with Gasteiger partial charge in [-0.3, -0.25) is 9.59 Å². The maximum absolute atomic E-state index is 12.4. The van der Waals surface area contributed by atoms with Crippen LogP contribution in [0.2, 0.25) is 0 Å². The van der Waals surface area contributed by atoms with E-state index >= 15 is 0 Å². The third kappa shape index (κ3) is 3.35. The summed E-state index contributed by atoms with van der Waals surface area (Å²) in [4.78, 5) is 33.1. The summed E-state index contributed by atoms with van der Waals surface area (Å²) in [6.07, 6.45) is 1.79. The molecular weight excluding hydrogens is 320 g/mol. The third-order valence-corrected chi connectivity index (χ3v) is 3.72. The normalized spacial score (nSPS) is 10.6. The van der Waals surface area contributed by atoms with Crippen LogP contribution in [0.3, 0.4) is 0 Å². The average molecular weight is 338 g/mol. The summed E-state index contributed by atoms with van der Waals surface area (Å²) in [7, 11) is 0. The van der Waals surface area contributed by atoms with Gasteiger partial charge in [0.25, 0.3) is 11.8 Å². The topological polar surface area (TPSA) is 97.1 Å². The fourth-order valence-corrected chi connectivity index (χ4v) is 2.57. The number of hydrogen-bond donors (Lipinski definition) is 2. The van der Waals surface area contributed by atoms with Crippen LogP contribution in [0.4, 0.5) is 5.82 Å². The summed E-state index contributed by atoms with van der Waals surface area (Å²) in [5.41, 5.74) is 1.30. The number of carbonyl (C=O) groups excluding carboxylic acids is 2. The quantitative estimate of drug-likeness (QED) is 0.745. The number of aromatic nitrogens is 2. The highest BCUT2D eigenvalue weighted by Gasteiger charge is 2.18. The van der Waals surface area contributed by atoms with E-state index < -0.39 is 5.91 Å². The van der Waals surface area contributed by atoms with E-state index in [-0.39, 0.29) is 17.4 Å². The summed E-state index contributed by atoms with van der Waals surface area (Å²) in [6.45, 7) is 4.23. The summed E-state index contributed by atoms with van der Waals surface area (Å²) >= 11 is 0. The summed E-state index contributed by atoms with van der Waals surface area (Å²) in [5, 5.41) is 6.19. The first-order chi connectivity index (χ1) is 12.1. The lowest BCUT2D eigenvalue weighted by Gasteiger charge is -2.10. The predicted molar refractivity (Wildman–Crippen MR) is 93.6 cm³/mol. The lowest BCUT2D eigenvalue weighted by atomic mass is 10.1. The van der Waals surface area contributed by atoms with Crippen molar-refractivity contribution in [2.75, 3.05) is 11.9 Å². The standard InChI is InChI=1S/C18H18N4O3/c1-3-14-16(20-10-25-14)18(24)22-15-9-12(17(23)19-4-2)11-7-5-6-8-13(11)21-15/h5-10H,3-4H2,1-2H3,(H,19,23)(H,21,22,24). The first-order valence-electron chi connectivity index (χ1n) is 8.05. The largest absolute Gasteiger partial charge is 0.448 e. The zero-order chi connectivity index (χ0) is 17.8. The fourth-order valence-electron chi connectivity index (χ4n) is 2.57. The molecule has 2 amide bonds. The van der Waals surface area contributed by atoms with E-state index in [1.807, 2.05) is 32.0 Å². The maximum Gasteiger partial charge on any atom is 0.279 e. The van der Waals surface area contributed by atoms with Crippen molar-refractivity contribution in [1.82, 2.24) is 15.3 Å². The Hall–Kier alpha value is -3.22. The van der Waals surface area contributed by atoms with Crippen LogP contribution < -0.4 is 10.6 Å². The molecule has 7 heteroatoms. The van der Waals surface area contributed by atoms with E-state index in [1.54, 1.807) is 12.1 Å². The molecule has 3 aromatic rings. The number of oxazole rings is 1. The van der Waals surface area contributed by atoms with Gasteiger partial charge in [-0.05, 0) is 19.1 Å². The average Bonchev–Trinajstić information content (AvgIpc) is 3.10. The van der Waals surface area contributed by atoms with E-state index in [1.165, 1.54) is 6.39 Å². The van der Waals surface area contributed by atoms with E-state index in [4.69, 9.17) is 4.42 Å². The second-order valence-electron chi connectivity index (χ2n) is 5.36. The first kappa shape index (κ1) is 16.6. The molecule has 0 atom stereocenters. The van der Waals surface area contributed by atoms with Crippen LogP contribution in [-0.4, -0.2) is 28.3 Å². The lowest BCUT2D eigenvalue weighted by Crippen LogP contribution is -2.23. The minimum absolute atomic E-state index is 0.215. The molecule has 3 rings (SSSR count). The Morgan fingerprint density at radius 2 is 1.96 bits per heavy atom. The zero-order valence-electron chi connectivity index (χ0n) is 14.0. The van der Waals surface area contributed by atoms with Gasteiger partial charge in [0.1, 0.15) is 11.6 Å². The van der Waals surface area contributed by atoms with Gasteiger partial charge in [0.05, 0.1) is 11.1 Å². The maximum atomic E-state index is 12.4. The number of pyridine rings is 1. The van der Waals surface area contributed by atoms with Crippen LogP contribution in [-0.2, 0) is 6.42 Å². The van der Waals surface area contributed by atoms with Gasteiger partial charge < -0.3 is 15.1 Å². The van der Waals surface area contributed by atoms with Crippen LogP contribution in [0.15, 0.2) is 41.1 Å². The molecule has 0 fully saturated rings. The van der Waals surface area contributed by atoms with Crippen molar-refractivity contribution in [1.29, 1.82) is 0 Å². The number of carbonyl (C=O) groups is 2. The van der Waals surface area contributed by atoms with Crippen LogP contribution in [0, 0.1) is 0 Å². The van der Waals surface area contributed by atoms with Crippen molar-refractivity contribution >= 4 is 28.5 Å². The Morgan fingerprint density at radius 1 is 1.16 bits per heavy atom. The number of fused-ring (bicyclic) bond motifs is 1. The predicted octanol–water partition coefficient (Wildman–Crippen LogP) is 2.79. The molecule has 0 unspecified atom stereocenters. The number of para-hydroxylation sites is 1. The van der Waals surface area contributed by atoms with E-state index in [2.05, 4.69) is 20.6 Å². The molecule has 0 spiro atoms. The molecule has 7 nitrogen and oxygen atoms in total. The third-order valence-electron chi connectivity index (χ3n) is 3.72. The number of amides is 2. The molecule has 2 aromatic heterocycles. The number of benzene rings is 1. The van der Waals surface area contributed by atoms with Crippen molar-refractivity contribution < 1.29 is 14.0 Å². The minimum atomic E-state index is -0.421. The van der Waals surface area contributed by atoms with E-state index in [0.29, 0.717) is 29.8 Å². The lowest BCUT2D eigenvalue weighted by molar-refractivity contribution is 0.0955. The van der Waals surface area contributed by atoms with Crippen molar-refractivity contribution in [2.24, 2.45) is 0 Å². The van der Waals surface area contributed by atoms with E-state index in [9.17, 15) is 9.59 Å². The number of hydrogen-bond acceptors (Lipinski definition) is 5. The van der Waals surface area contributed by atoms with Gasteiger partial charge in [-0.2, -0.15) is 0 Å². The molecule has 0 bridgehead atoms. The number of anilines is 1. The van der Waals surface area contributed by atoms with E-state index in [0.717, 1.165) is 5.39 Å². The summed E-state index contributed by atoms with van der Waals surface area (Å²) in [6, 6.07) is 8.85. The Balaban J connectivity index is 1.99. The second kappa shape index (κ2) is 7.12. The second-order valence-corrected chi connectivity index (χ2v) is 5.36. The summed E-state index contributed by atoms with van der Waals surface area (Å²) < 4.78 is 5.18. The van der Waals surface area contributed by atoms with Crippen LogP contribution in [0.5, 0.6) is 0 Å². The zero-order valence-corrected chi connectivity index (χ0v) is 14.0. The van der Waals surface area contributed by atoms with Gasteiger partial charge >= 0.3 is 0 Å². The Kier molecular flexibility index (Phi) is 4.74. The molecule has 0 aliphatic carbocycles. The van der Waals surface area contributed by atoms with Gasteiger partial charge in [0, 0.05) is 18.4 Å². The monoisotopic (exact) mass is 338 g/mol. The highest BCUT2D eigenvalue weighted by Crippen LogP contribution is 2.21. The van der Waals surface area contributed by atoms with Crippen LogP contribution in [0.1, 0.15) is 40.5 Å². The highest BCUT2D eigenvalue weighted by atomic mass is 16.3. The molecule has 2 N–H and O–H groups in total. The van der Waals surface area contributed by atoms with Crippen molar-refractivity contribution in [3.63, 3.8) is 0 Å². The molecule has 0 aliphatic heterocycles. The fraction of sp³-hybridized carbons (Fsp3) is 0.222. The minimum Gasteiger partial charge on any atom is -0.448 e. The van der Waals surface area contributed by atoms with Crippen LogP contribution >= 0.6 is 0 Å². The molecule has 2 heterocycles. The van der Waals surface area contributed by atoms with Crippen LogP contribution in [0.25, 0.3) is 10.9 Å². The number of rotatable bonds is 5. The molecule has 0 saturated carbocycles. The highest BCUT2D eigenvalue weighted by molar-refractivity contribution is 6.09. The van der Waals surface area contributed by atoms with Gasteiger partial charge in [-0.1, -0.05) is 25.1 Å². The van der Waals surface area contributed by atoms with Gasteiger partial charge in [0.15, 0.2) is 12.1 Å². The molecule has 1 aromatic carbocycles. The summed E-state index contributed by atoms with van der Waals surface area (Å²) in [5.74, 6) is 0.153. The SMILES string of the molecule is CCNC(=O)c1cc(NC(=O)c2ncoc2CC)nc2ccccc12. The number of nitrogens with zero attached hydrogens (tertiary/aromatic N) is 2. The van der Waals surface area contributed by atoms with Gasteiger partial charge in [-0.25, -0.2) is 9.97 Å². The van der Waals surface area contributed by atoms with Crippen molar-refractivity contribution in [3.05, 3.63) is 53.7 Å². The Morgan fingerprint density at radius 3 is 2.72 bits per heavy atom. The Labute approximate surface area is 144 Å². The van der Waals surface area contributed by atoms with Gasteiger partial charge in [0.2, 0.25) is 0 Å². The molecule has 0 aliphatic rings. The van der Waals surface area contributed by atoms with Crippen molar-refractivity contribution in [2.45, 2.75) is 20.3 Å².